The van der Waals surface area contributed by atoms with Crippen LogP contribution in [0.1, 0.15) is 34.6 Å². The normalized spacial score (nSPS) is 14.6. The van der Waals surface area contributed by atoms with Crippen LogP contribution in [-0.4, -0.2) is 15.6 Å². The lowest BCUT2D eigenvalue weighted by Crippen LogP contribution is -2.10. The molecular formula is C14H12F2N2O. The molecule has 0 fully saturated rings. The molecule has 3 rings (SSSR count). The highest BCUT2D eigenvalue weighted by Gasteiger charge is 2.26. The molecule has 5 heteroatoms. The Morgan fingerprint density at radius 3 is 2.53 bits per heavy atom. The first kappa shape index (κ1) is 12.0. The molecule has 1 aromatic carbocycles. The zero-order valence-electron chi connectivity index (χ0n) is 10.4. The number of aryl methyl sites for hydroxylation is 1. The van der Waals surface area contributed by atoms with E-state index in [2.05, 4.69) is 5.10 Å². The second-order valence-corrected chi connectivity index (χ2v) is 4.67. The highest BCUT2D eigenvalue weighted by molar-refractivity contribution is 5.99. The number of Topliss-reactive ketones (excluding diaryl/α,β-unsaturated/α-hetero) is 1. The Kier molecular flexibility index (Phi) is 2.69. The summed E-state index contributed by atoms with van der Waals surface area (Å²) in [6.07, 6.45) is 1.88. The van der Waals surface area contributed by atoms with E-state index >= 15 is 0 Å². The number of fused-ring (bicyclic) bond motifs is 1. The van der Waals surface area contributed by atoms with Crippen molar-refractivity contribution in [3.63, 3.8) is 0 Å². The second kappa shape index (κ2) is 4.26. The third-order valence-corrected chi connectivity index (χ3v) is 3.43. The third kappa shape index (κ3) is 1.77. The van der Waals surface area contributed by atoms with Crippen molar-refractivity contribution in [3.05, 3.63) is 46.8 Å². The third-order valence-electron chi connectivity index (χ3n) is 3.43. The van der Waals surface area contributed by atoms with E-state index < -0.39 is 11.6 Å². The number of aromatic nitrogens is 2. The molecule has 0 bridgehead atoms. The number of para-hydroxylation sites is 1. The van der Waals surface area contributed by atoms with Crippen molar-refractivity contribution >= 4 is 5.78 Å². The fourth-order valence-electron chi connectivity index (χ4n) is 2.55. The largest absolute Gasteiger partial charge is 0.294 e. The van der Waals surface area contributed by atoms with Crippen molar-refractivity contribution in [1.82, 2.24) is 9.78 Å². The fourth-order valence-corrected chi connectivity index (χ4v) is 2.55. The van der Waals surface area contributed by atoms with E-state index in [1.165, 1.54) is 22.9 Å². The lowest BCUT2D eigenvalue weighted by atomic mass is 9.95. The van der Waals surface area contributed by atoms with Gasteiger partial charge in [0.05, 0.1) is 17.0 Å². The van der Waals surface area contributed by atoms with E-state index in [0.29, 0.717) is 29.8 Å². The van der Waals surface area contributed by atoms with E-state index in [-0.39, 0.29) is 11.5 Å². The molecule has 0 aliphatic heterocycles. The summed E-state index contributed by atoms with van der Waals surface area (Å²) >= 11 is 0. The predicted molar refractivity (Wildman–Crippen MR) is 65.5 cm³/mol. The van der Waals surface area contributed by atoms with Crippen molar-refractivity contribution in [2.75, 3.05) is 0 Å². The van der Waals surface area contributed by atoms with Crippen LogP contribution in [0.15, 0.2) is 18.2 Å². The standard InChI is InChI=1S/C14H12F2N2O/c1-8-13-11(6-3-7-12(13)19)17-18(8)14-9(15)4-2-5-10(14)16/h2,4-5H,3,6-7H2,1H3. The van der Waals surface area contributed by atoms with E-state index in [0.717, 1.165) is 6.42 Å². The first-order chi connectivity index (χ1) is 9.09. The number of hydrogen-bond donors (Lipinski definition) is 0. The summed E-state index contributed by atoms with van der Waals surface area (Å²) in [4.78, 5) is 11.9. The zero-order chi connectivity index (χ0) is 13.6. The molecule has 19 heavy (non-hydrogen) atoms. The molecule has 3 nitrogen and oxygen atoms in total. The van der Waals surface area contributed by atoms with Crippen LogP contribution in [0.3, 0.4) is 0 Å². The van der Waals surface area contributed by atoms with Crippen LogP contribution in [0.4, 0.5) is 8.78 Å². The van der Waals surface area contributed by atoms with Crippen LogP contribution in [0.2, 0.25) is 0 Å². The molecule has 2 aromatic rings. The summed E-state index contributed by atoms with van der Waals surface area (Å²) < 4.78 is 28.8. The molecule has 1 aliphatic rings. The van der Waals surface area contributed by atoms with E-state index in [1.807, 2.05) is 0 Å². The molecule has 0 saturated carbocycles. The Morgan fingerprint density at radius 1 is 1.21 bits per heavy atom. The molecule has 98 valence electrons. The Morgan fingerprint density at radius 2 is 1.89 bits per heavy atom. The predicted octanol–water partition coefficient (Wildman–Crippen LogP) is 2.98. The molecular weight excluding hydrogens is 250 g/mol. The maximum absolute atomic E-state index is 13.8. The molecule has 1 heterocycles. The van der Waals surface area contributed by atoms with Crippen LogP contribution < -0.4 is 0 Å². The minimum atomic E-state index is -0.685. The lowest BCUT2D eigenvalue weighted by molar-refractivity contribution is 0.0972. The monoisotopic (exact) mass is 262 g/mol. The number of hydrogen-bond acceptors (Lipinski definition) is 2. The second-order valence-electron chi connectivity index (χ2n) is 4.67. The van der Waals surface area contributed by atoms with E-state index in [4.69, 9.17) is 0 Å². The van der Waals surface area contributed by atoms with Crippen molar-refractivity contribution < 1.29 is 13.6 Å². The highest BCUT2D eigenvalue weighted by atomic mass is 19.1. The molecule has 1 aliphatic carbocycles. The molecule has 0 atom stereocenters. The van der Waals surface area contributed by atoms with Gasteiger partial charge in [0.1, 0.15) is 5.69 Å². The lowest BCUT2D eigenvalue weighted by Gasteiger charge is -2.08. The minimum Gasteiger partial charge on any atom is -0.294 e. The Balaban J connectivity index is 2.25. The average Bonchev–Trinajstić information content (AvgIpc) is 2.68. The molecule has 0 N–H and O–H groups in total. The summed E-state index contributed by atoms with van der Waals surface area (Å²) in [5.74, 6) is -1.37. The molecule has 0 spiro atoms. The number of benzene rings is 1. The van der Waals surface area contributed by atoms with Crippen molar-refractivity contribution in [1.29, 1.82) is 0 Å². The quantitative estimate of drug-likeness (QED) is 0.792. The van der Waals surface area contributed by atoms with Crippen molar-refractivity contribution in [3.8, 4) is 5.69 Å². The Bertz CT molecular complexity index is 656. The van der Waals surface area contributed by atoms with Crippen molar-refractivity contribution in [2.45, 2.75) is 26.2 Å². The number of nitrogens with zero attached hydrogens (tertiary/aromatic N) is 2. The SMILES string of the molecule is Cc1c2c(nn1-c1c(F)cccc1F)CCCC2=O. The number of carbonyl (C=O) groups is 1. The van der Waals surface area contributed by atoms with Crippen LogP contribution >= 0.6 is 0 Å². The van der Waals surface area contributed by atoms with E-state index in [9.17, 15) is 13.6 Å². The average molecular weight is 262 g/mol. The van der Waals surface area contributed by atoms with Gasteiger partial charge in [0.25, 0.3) is 0 Å². The van der Waals surface area contributed by atoms with Gasteiger partial charge >= 0.3 is 0 Å². The van der Waals surface area contributed by atoms with Crippen LogP contribution in [0, 0.1) is 18.6 Å². The first-order valence-corrected chi connectivity index (χ1v) is 6.15. The molecule has 0 unspecified atom stereocenters. The maximum atomic E-state index is 13.8. The van der Waals surface area contributed by atoms with Crippen LogP contribution in [0.5, 0.6) is 0 Å². The Hall–Kier alpha value is -2.04. The number of carbonyl (C=O) groups excluding carboxylic acids is 1. The summed E-state index contributed by atoms with van der Waals surface area (Å²) in [6, 6.07) is 3.67. The highest BCUT2D eigenvalue weighted by Crippen LogP contribution is 2.27. The minimum absolute atomic E-state index is 0.00162. The van der Waals surface area contributed by atoms with Crippen LogP contribution in [-0.2, 0) is 6.42 Å². The number of halogens is 2. The van der Waals surface area contributed by atoms with Gasteiger partial charge in [0, 0.05) is 6.42 Å². The van der Waals surface area contributed by atoms with Gasteiger partial charge in [-0.15, -0.1) is 0 Å². The Labute approximate surface area is 108 Å². The van der Waals surface area contributed by atoms with E-state index in [1.54, 1.807) is 6.92 Å². The van der Waals surface area contributed by atoms with Gasteiger partial charge in [-0.05, 0) is 31.9 Å². The number of ketones is 1. The number of rotatable bonds is 1. The van der Waals surface area contributed by atoms with Gasteiger partial charge in [0.15, 0.2) is 17.4 Å². The molecule has 1 aromatic heterocycles. The van der Waals surface area contributed by atoms with Gasteiger partial charge in [-0.3, -0.25) is 4.79 Å². The maximum Gasteiger partial charge on any atom is 0.166 e. The van der Waals surface area contributed by atoms with Gasteiger partial charge in [-0.25, -0.2) is 13.5 Å². The topological polar surface area (TPSA) is 34.9 Å². The summed E-state index contributed by atoms with van der Waals surface area (Å²) in [6.45, 7) is 1.67. The molecule has 0 saturated heterocycles. The zero-order valence-corrected chi connectivity index (χ0v) is 10.4. The van der Waals surface area contributed by atoms with Gasteiger partial charge in [0.2, 0.25) is 0 Å². The van der Waals surface area contributed by atoms with Gasteiger partial charge in [-0.2, -0.15) is 5.10 Å². The van der Waals surface area contributed by atoms with Crippen LogP contribution in [0.25, 0.3) is 5.69 Å². The van der Waals surface area contributed by atoms with Crippen molar-refractivity contribution in [2.24, 2.45) is 0 Å². The summed E-state index contributed by atoms with van der Waals surface area (Å²) in [7, 11) is 0. The first-order valence-electron chi connectivity index (χ1n) is 6.15. The van der Waals surface area contributed by atoms with Gasteiger partial charge in [-0.1, -0.05) is 6.07 Å². The molecule has 0 amide bonds. The van der Waals surface area contributed by atoms with Gasteiger partial charge < -0.3 is 0 Å². The smallest absolute Gasteiger partial charge is 0.166 e. The summed E-state index contributed by atoms with van der Waals surface area (Å²) in [5.41, 5.74) is 1.44. The summed E-state index contributed by atoms with van der Waals surface area (Å²) in [5, 5.41) is 4.21. The molecule has 0 radical (unpaired) electrons. The fraction of sp³-hybridized carbons (Fsp3) is 0.286.